The number of aryl methyl sites for hydroxylation is 1. The van der Waals surface area contributed by atoms with E-state index in [2.05, 4.69) is 42.2 Å². The molecule has 1 aliphatic carbocycles. The zero-order valence-corrected chi connectivity index (χ0v) is 16.3. The van der Waals surface area contributed by atoms with Crippen molar-refractivity contribution >= 4 is 54.5 Å². The molecular formula is C15H18Br2N4O3. The van der Waals surface area contributed by atoms with Crippen LogP contribution in [0, 0.1) is 10.1 Å². The summed E-state index contributed by atoms with van der Waals surface area (Å²) < 4.78 is 2.97. The molecule has 0 amide bonds. The van der Waals surface area contributed by atoms with Gasteiger partial charge in [0.15, 0.2) is 5.52 Å². The van der Waals surface area contributed by atoms with Crippen LogP contribution in [0.25, 0.3) is 11.0 Å². The number of nitro benzene ring substituents is 1. The van der Waals surface area contributed by atoms with Gasteiger partial charge in [-0.15, -0.1) is 0 Å². The van der Waals surface area contributed by atoms with E-state index in [-0.39, 0.29) is 17.8 Å². The Kier molecular flexibility index (Phi) is 5.12. The minimum atomic E-state index is -0.412. The number of aliphatic hydroxyl groups is 1. The van der Waals surface area contributed by atoms with Gasteiger partial charge in [0, 0.05) is 17.1 Å². The van der Waals surface area contributed by atoms with Crippen LogP contribution in [0.4, 0.5) is 11.6 Å². The first kappa shape index (κ1) is 17.6. The van der Waals surface area contributed by atoms with E-state index >= 15 is 0 Å². The van der Waals surface area contributed by atoms with E-state index in [1.165, 1.54) is 0 Å². The number of nitrogens with zero attached hydrogens (tertiary/aromatic N) is 3. The molecule has 0 bridgehead atoms. The van der Waals surface area contributed by atoms with Crippen molar-refractivity contribution in [2.45, 2.75) is 51.3 Å². The van der Waals surface area contributed by atoms with Gasteiger partial charge >= 0.3 is 5.69 Å². The molecule has 9 heteroatoms. The monoisotopic (exact) mass is 460 g/mol. The van der Waals surface area contributed by atoms with E-state index in [0.717, 1.165) is 31.2 Å². The number of fused-ring (bicyclic) bond motifs is 1. The number of hydrogen-bond donors (Lipinski definition) is 2. The maximum atomic E-state index is 11.5. The second-order valence-corrected chi connectivity index (χ2v) is 7.62. The highest BCUT2D eigenvalue weighted by Crippen LogP contribution is 2.40. The van der Waals surface area contributed by atoms with Gasteiger partial charge in [-0.1, -0.05) is 0 Å². The molecule has 2 aromatic rings. The molecule has 0 spiro atoms. The zero-order chi connectivity index (χ0) is 17.4. The molecule has 1 aromatic heterocycles. The predicted molar refractivity (Wildman–Crippen MR) is 99.3 cm³/mol. The molecule has 0 aliphatic heterocycles. The van der Waals surface area contributed by atoms with Crippen molar-refractivity contribution in [2.75, 3.05) is 5.32 Å². The van der Waals surface area contributed by atoms with Gasteiger partial charge in [0.1, 0.15) is 4.47 Å². The number of aliphatic hydroxyl groups excluding tert-OH is 1. The molecule has 130 valence electrons. The zero-order valence-electron chi connectivity index (χ0n) is 13.1. The maximum Gasteiger partial charge on any atom is 0.312 e. The molecule has 0 atom stereocenters. The van der Waals surface area contributed by atoms with Crippen LogP contribution >= 0.6 is 31.9 Å². The first-order chi connectivity index (χ1) is 11.4. The standard InChI is InChI=1S/C15H18Br2N4O3/c1-2-20-11-7-10(16)12(17)14(21(23)24)13(11)19-15(20)18-8-3-5-9(22)6-4-8/h7-9,22H,2-6H2,1H3,(H,18,19). The minimum absolute atomic E-state index is 0.0336. The van der Waals surface area contributed by atoms with Gasteiger partial charge in [-0.3, -0.25) is 10.1 Å². The lowest BCUT2D eigenvalue weighted by molar-refractivity contribution is -0.384. The molecule has 1 fully saturated rings. The summed E-state index contributed by atoms with van der Waals surface area (Å²) in [5.41, 5.74) is 1.06. The number of imidazole rings is 1. The first-order valence-electron chi connectivity index (χ1n) is 7.89. The summed E-state index contributed by atoms with van der Waals surface area (Å²) in [6, 6.07) is 2.07. The molecule has 0 radical (unpaired) electrons. The molecule has 1 aromatic carbocycles. The first-order valence-corrected chi connectivity index (χ1v) is 9.48. The van der Waals surface area contributed by atoms with Gasteiger partial charge in [0.05, 0.1) is 16.5 Å². The molecule has 0 saturated heterocycles. The number of nitro groups is 1. The Bertz CT molecular complexity index is 785. The van der Waals surface area contributed by atoms with Crippen LogP contribution in [0.5, 0.6) is 0 Å². The highest BCUT2D eigenvalue weighted by atomic mass is 79.9. The third kappa shape index (κ3) is 3.16. The smallest absolute Gasteiger partial charge is 0.312 e. The van der Waals surface area contributed by atoms with Crippen LogP contribution < -0.4 is 5.32 Å². The number of aromatic nitrogens is 2. The van der Waals surface area contributed by atoms with Gasteiger partial charge in [-0.05, 0) is 70.5 Å². The van der Waals surface area contributed by atoms with Crippen molar-refractivity contribution in [2.24, 2.45) is 0 Å². The molecule has 0 unspecified atom stereocenters. The number of halogens is 2. The normalized spacial score (nSPS) is 21.2. The second kappa shape index (κ2) is 6.97. The SMILES string of the molecule is CCn1c(NC2CCC(O)CC2)nc2c([N+](=O)[O-])c(Br)c(Br)cc21. The van der Waals surface area contributed by atoms with Crippen molar-refractivity contribution in [3.8, 4) is 0 Å². The lowest BCUT2D eigenvalue weighted by Crippen LogP contribution is -2.29. The third-order valence-corrected chi connectivity index (χ3v) is 6.40. The molecule has 7 nitrogen and oxygen atoms in total. The summed E-state index contributed by atoms with van der Waals surface area (Å²) in [4.78, 5) is 15.6. The van der Waals surface area contributed by atoms with Gasteiger partial charge in [-0.25, -0.2) is 4.98 Å². The number of benzene rings is 1. The van der Waals surface area contributed by atoms with Gasteiger partial charge in [0.25, 0.3) is 0 Å². The van der Waals surface area contributed by atoms with E-state index in [4.69, 9.17) is 0 Å². The predicted octanol–water partition coefficient (Wildman–Crippen LogP) is 4.20. The third-order valence-electron chi connectivity index (χ3n) is 4.44. The van der Waals surface area contributed by atoms with Gasteiger partial charge in [0.2, 0.25) is 5.95 Å². The molecule has 1 heterocycles. The molecule has 3 rings (SSSR count). The van der Waals surface area contributed by atoms with E-state index in [9.17, 15) is 15.2 Å². The second-order valence-electron chi connectivity index (χ2n) is 5.98. The summed E-state index contributed by atoms with van der Waals surface area (Å²) in [6.07, 6.45) is 3.04. The number of rotatable bonds is 4. The quantitative estimate of drug-likeness (QED) is 0.525. The van der Waals surface area contributed by atoms with E-state index in [1.54, 1.807) is 0 Å². The number of anilines is 1. The van der Waals surface area contributed by atoms with E-state index in [1.807, 2.05) is 17.6 Å². The summed E-state index contributed by atoms with van der Waals surface area (Å²) >= 11 is 6.65. The highest BCUT2D eigenvalue weighted by molar-refractivity contribution is 9.13. The van der Waals surface area contributed by atoms with E-state index in [0.29, 0.717) is 27.0 Å². The molecule has 2 N–H and O–H groups in total. The van der Waals surface area contributed by atoms with Crippen LogP contribution in [0.1, 0.15) is 32.6 Å². The Morgan fingerprint density at radius 1 is 1.42 bits per heavy atom. The fourth-order valence-corrected chi connectivity index (χ4v) is 4.04. The Morgan fingerprint density at radius 2 is 2.08 bits per heavy atom. The van der Waals surface area contributed by atoms with Gasteiger partial charge in [-0.2, -0.15) is 0 Å². The minimum Gasteiger partial charge on any atom is -0.393 e. The van der Waals surface area contributed by atoms with Crippen molar-refractivity contribution in [1.29, 1.82) is 0 Å². The summed E-state index contributed by atoms with van der Waals surface area (Å²) in [5, 5.41) is 24.5. The summed E-state index contributed by atoms with van der Waals surface area (Å²) in [5.74, 6) is 0.641. The number of nitrogens with one attached hydrogen (secondary N) is 1. The van der Waals surface area contributed by atoms with Crippen LogP contribution in [-0.4, -0.2) is 31.7 Å². The van der Waals surface area contributed by atoms with Crippen molar-refractivity contribution in [3.05, 3.63) is 25.1 Å². The van der Waals surface area contributed by atoms with Crippen molar-refractivity contribution < 1.29 is 10.0 Å². The largest absolute Gasteiger partial charge is 0.393 e. The Hall–Kier alpha value is -1.19. The fourth-order valence-electron chi connectivity index (χ4n) is 3.19. The van der Waals surface area contributed by atoms with Crippen LogP contribution in [0.3, 0.4) is 0 Å². The Balaban J connectivity index is 2.05. The molecule has 24 heavy (non-hydrogen) atoms. The highest BCUT2D eigenvalue weighted by Gasteiger charge is 2.27. The Morgan fingerprint density at radius 3 is 2.67 bits per heavy atom. The maximum absolute atomic E-state index is 11.5. The van der Waals surface area contributed by atoms with Crippen LogP contribution in [0.15, 0.2) is 15.0 Å². The lowest BCUT2D eigenvalue weighted by atomic mass is 9.93. The van der Waals surface area contributed by atoms with Gasteiger partial charge < -0.3 is 15.0 Å². The van der Waals surface area contributed by atoms with E-state index < -0.39 is 4.92 Å². The molecular weight excluding hydrogens is 444 g/mol. The lowest BCUT2D eigenvalue weighted by Gasteiger charge is -2.26. The summed E-state index contributed by atoms with van der Waals surface area (Å²) in [7, 11) is 0. The fraction of sp³-hybridized carbons (Fsp3) is 0.533. The van der Waals surface area contributed by atoms with Crippen molar-refractivity contribution in [1.82, 2.24) is 9.55 Å². The topological polar surface area (TPSA) is 93.2 Å². The molecule has 1 aliphatic rings. The average molecular weight is 462 g/mol. The molecule has 1 saturated carbocycles. The average Bonchev–Trinajstić information content (AvgIpc) is 2.86. The Labute approximate surface area is 155 Å². The summed E-state index contributed by atoms with van der Waals surface area (Å²) in [6.45, 7) is 2.64. The van der Waals surface area contributed by atoms with Crippen LogP contribution in [-0.2, 0) is 6.54 Å². The number of hydrogen-bond acceptors (Lipinski definition) is 5. The van der Waals surface area contributed by atoms with Crippen LogP contribution in [0.2, 0.25) is 0 Å². The van der Waals surface area contributed by atoms with Crippen molar-refractivity contribution in [3.63, 3.8) is 0 Å².